The van der Waals surface area contributed by atoms with Crippen LogP contribution in [0.4, 0.5) is 0 Å². The molecule has 0 aliphatic rings. The fourth-order valence-electron chi connectivity index (χ4n) is 1.59. The molecule has 0 radical (unpaired) electrons. The van der Waals surface area contributed by atoms with Gasteiger partial charge in [0.1, 0.15) is 5.75 Å². The first-order valence-corrected chi connectivity index (χ1v) is 6.70. The number of amides is 1. The van der Waals surface area contributed by atoms with E-state index in [1.165, 1.54) is 11.8 Å². The number of benzene rings is 1. The van der Waals surface area contributed by atoms with Crippen molar-refractivity contribution in [1.82, 2.24) is 5.43 Å². The maximum absolute atomic E-state index is 11.1. The van der Waals surface area contributed by atoms with Crippen molar-refractivity contribution in [2.45, 2.75) is 38.0 Å². The lowest BCUT2D eigenvalue weighted by Crippen LogP contribution is -2.31. The van der Waals surface area contributed by atoms with Gasteiger partial charge < -0.3 is 5.11 Å². The number of carbonyl (C=O) groups is 1. The lowest BCUT2D eigenvalue weighted by Gasteiger charge is -2.22. The Morgan fingerprint density at radius 3 is 2.56 bits per heavy atom. The van der Waals surface area contributed by atoms with Crippen molar-refractivity contribution in [3.8, 4) is 5.75 Å². The number of hydrogen-bond donors (Lipinski definition) is 3. The van der Waals surface area contributed by atoms with Gasteiger partial charge in [-0.1, -0.05) is 20.8 Å². The topological polar surface area (TPSA) is 75.4 Å². The molecule has 5 heteroatoms. The van der Waals surface area contributed by atoms with Gasteiger partial charge in [-0.25, -0.2) is 5.84 Å². The molecular weight excluding hydrogens is 248 g/mol. The van der Waals surface area contributed by atoms with Crippen LogP contribution in [0.15, 0.2) is 17.0 Å². The number of phenols is 1. The lowest BCUT2D eigenvalue weighted by atomic mass is 9.85. The molecule has 0 spiro atoms. The molecule has 0 saturated carbocycles. The van der Waals surface area contributed by atoms with Crippen LogP contribution in [0.5, 0.6) is 5.75 Å². The number of hydrogen-bond acceptors (Lipinski definition) is 4. The highest BCUT2D eigenvalue weighted by molar-refractivity contribution is 8.00. The molecule has 1 aromatic rings. The highest BCUT2D eigenvalue weighted by Gasteiger charge is 2.20. The van der Waals surface area contributed by atoms with E-state index in [1.54, 1.807) is 0 Å². The predicted molar refractivity (Wildman–Crippen MR) is 74.6 cm³/mol. The second-order valence-electron chi connectivity index (χ2n) is 5.24. The average Bonchev–Trinajstić information content (AvgIpc) is 2.28. The Kier molecular flexibility index (Phi) is 4.65. The summed E-state index contributed by atoms with van der Waals surface area (Å²) in [5, 5.41) is 10.1. The van der Waals surface area contributed by atoms with Gasteiger partial charge in [0.25, 0.3) is 0 Å². The van der Waals surface area contributed by atoms with Crippen LogP contribution in [-0.2, 0) is 10.2 Å². The third-order valence-corrected chi connectivity index (χ3v) is 3.59. The second-order valence-corrected chi connectivity index (χ2v) is 6.29. The first kappa shape index (κ1) is 14.9. The third kappa shape index (κ3) is 3.65. The minimum Gasteiger partial charge on any atom is -0.507 e. The standard InChI is InChI=1S/C13H20N2O2S/c1-8-5-9(18-7-11(16)15-14)6-10(12(8)17)13(2,3)4/h5-6,17H,7,14H2,1-4H3,(H,15,16). The lowest BCUT2D eigenvalue weighted by molar-refractivity contribution is -0.118. The summed E-state index contributed by atoms with van der Waals surface area (Å²) in [7, 11) is 0. The molecule has 0 heterocycles. The number of nitrogens with two attached hydrogens (primary N) is 1. The zero-order valence-electron chi connectivity index (χ0n) is 11.2. The first-order valence-electron chi connectivity index (χ1n) is 5.72. The van der Waals surface area contributed by atoms with Crippen molar-refractivity contribution in [1.29, 1.82) is 0 Å². The van der Waals surface area contributed by atoms with Crippen molar-refractivity contribution in [2.75, 3.05) is 5.75 Å². The van der Waals surface area contributed by atoms with Gasteiger partial charge in [0, 0.05) is 10.5 Å². The Hall–Kier alpha value is -1.20. The second kappa shape index (κ2) is 5.63. The van der Waals surface area contributed by atoms with Gasteiger partial charge in [0.05, 0.1) is 5.75 Å². The quantitative estimate of drug-likeness (QED) is 0.339. The molecule has 4 nitrogen and oxygen atoms in total. The molecule has 0 saturated heterocycles. The molecule has 0 aliphatic heterocycles. The number of rotatable bonds is 3. The largest absolute Gasteiger partial charge is 0.507 e. The monoisotopic (exact) mass is 268 g/mol. The number of nitrogens with one attached hydrogen (secondary N) is 1. The minimum absolute atomic E-state index is 0.137. The van der Waals surface area contributed by atoms with Gasteiger partial charge in [-0.3, -0.25) is 10.2 Å². The SMILES string of the molecule is Cc1cc(SCC(=O)NN)cc(C(C)(C)C)c1O. The summed E-state index contributed by atoms with van der Waals surface area (Å²) in [5.74, 6) is 5.41. The van der Waals surface area contributed by atoms with Crippen LogP contribution in [-0.4, -0.2) is 16.8 Å². The summed E-state index contributed by atoms with van der Waals surface area (Å²) in [6, 6.07) is 3.80. The number of aromatic hydroxyl groups is 1. The van der Waals surface area contributed by atoms with Gasteiger partial charge in [0.15, 0.2) is 0 Å². The van der Waals surface area contributed by atoms with Crippen molar-refractivity contribution < 1.29 is 9.90 Å². The summed E-state index contributed by atoms with van der Waals surface area (Å²) in [4.78, 5) is 12.1. The van der Waals surface area contributed by atoms with Crippen LogP contribution in [0.2, 0.25) is 0 Å². The molecule has 1 amide bonds. The average molecular weight is 268 g/mol. The molecule has 0 bridgehead atoms. The van der Waals surface area contributed by atoms with E-state index in [2.05, 4.69) is 5.43 Å². The van der Waals surface area contributed by atoms with E-state index in [1.807, 2.05) is 39.8 Å². The summed E-state index contributed by atoms with van der Waals surface area (Å²) in [5.41, 5.74) is 3.66. The van der Waals surface area contributed by atoms with Crippen molar-refractivity contribution >= 4 is 17.7 Å². The van der Waals surface area contributed by atoms with Gasteiger partial charge >= 0.3 is 0 Å². The Morgan fingerprint density at radius 2 is 2.06 bits per heavy atom. The van der Waals surface area contributed by atoms with Gasteiger partial charge in [-0.2, -0.15) is 0 Å². The van der Waals surface area contributed by atoms with Gasteiger partial charge in [-0.05, 0) is 30.0 Å². The maximum atomic E-state index is 11.1. The van der Waals surface area contributed by atoms with Crippen LogP contribution in [0, 0.1) is 6.92 Å². The maximum Gasteiger partial charge on any atom is 0.244 e. The van der Waals surface area contributed by atoms with Gasteiger partial charge in [-0.15, -0.1) is 11.8 Å². The van der Waals surface area contributed by atoms with Crippen LogP contribution in [0.25, 0.3) is 0 Å². The van der Waals surface area contributed by atoms with Crippen molar-refractivity contribution in [3.63, 3.8) is 0 Å². The fourth-order valence-corrected chi connectivity index (χ4v) is 2.43. The summed E-state index contributed by atoms with van der Waals surface area (Å²) < 4.78 is 0. The van der Waals surface area contributed by atoms with E-state index >= 15 is 0 Å². The molecule has 1 rings (SSSR count). The number of phenolic OH excluding ortho intramolecular Hbond substituents is 1. The van der Waals surface area contributed by atoms with E-state index < -0.39 is 0 Å². The Labute approximate surface area is 112 Å². The minimum atomic E-state index is -0.219. The highest BCUT2D eigenvalue weighted by Crippen LogP contribution is 2.36. The highest BCUT2D eigenvalue weighted by atomic mass is 32.2. The molecule has 0 aliphatic carbocycles. The third-order valence-electron chi connectivity index (χ3n) is 2.61. The predicted octanol–water partition coefficient (Wildman–Crippen LogP) is 2.08. The Balaban J connectivity index is 3.02. The van der Waals surface area contributed by atoms with E-state index in [9.17, 15) is 9.90 Å². The first-order chi connectivity index (χ1) is 8.25. The molecule has 18 heavy (non-hydrogen) atoms. The zero-order chi connectivity index (χ0) is 13.9. The van der Waals surface area contributed by atoms with E-state index in [-0.39, 0.29) is 17.1 Å². The van der Waals surface area contributed by atoms with Crippen LogP contribution in [0.1, 0.15) is 31.9 Å². The van der Waals surface area contributed by atoms with E-state index in [4.69, 9.17) is 5.84 Å². The summed E-state index contributed by atoms with van der Waals surface area (Å²) in [6.45, 7) is 7.99. The molecule has 1 aromatic carbocycles. The molecule has 100 valence electrons. The fraction of sp³-hybridized carbons (Fsp3) is 0.462. The molecule has 0 aromatic heterocycles. The smallest absolute Gasteiger partial charge is 0.244 e. The van der Waals surface area contributed by atoms with Crippen molar-refractivity contribution in [2.24, 2.45) is 5.84 Å². The number of carbonyl (C=O) groups excluding carboxylic acids is 1. The van der Waals surface area contributed by atoms with Crippen LogP contribution < -0.4 is 11.3 Å². The van der Waals surface area contributed by atoms with Gasteiger partial charge in [0.2, 0.25) is 5.91 Å². The normalized spacial score (nSPS) is 11.4. The zero-order valence-corrected chi connectivity index (χ0v) is 12.0. The van der Waals surface area contributed by atoms with Crippen molar-refractivity contribution in [3.05, 3.63) is 23.3 Å². The molecular formula is C13H20N2O2S. The van der Waals surface area contributed by atoms with E-state index in [0.717, 1.165) is 16.0 Å². The Morgan fingerprint density at radius 1 is 1.44 bits per heavy atom. The number of hydrazine groups is 1. The molecule has 0 fully saturated rings. The summed E-state index contributed by atoms with van der Waals surface area (Å²) >= 11 is 1.40. The molecule has 0 unspecified atom stereocenters. The Bertz CT molecular complexity index is 453. The van der Waals surface area contributed by atoms with Crippen LogP contribution >= 0.6 is 11.8 Å². The van der Waals surface area contributed by atoms with Crippen LogP contribution in [0.3, 0.4) is 0 Å². The number of thioether (sulfide) groups is 1. The summed E-state index contributed by atoms with van der Waals surface area (Å²) in [6.07, 6.45) is 0. The molecule has 0 atom stereocenters. The number of aryl methyl sites for hydroxylation is 1. The van der Waals surface area contributed by atoms with E-state index in [0.29, 0.717) is 5.75 Å². The molecule has 4 N–H and O–H groups in total.